The summed E-state index contributed by atoms with van der Waals surface area (Å²) in [4.78, 5) is 17.1. The standard InChI is InChI=1S/C11H12N2O2S/c1-7-12-9-4-3-8(5-10(9)16-7)13(2)11(15)6-14/h3-5,14H,6H2,1-2H3. The molecule has 4 nitrogen and oxygen atoms in total. The van der Waals surface area contributed by atoms with Crippen molar-refractivity contribution in [2.45, 2.75) is 6.92 Å². The molecule has 2 rings (SSSR count). The monoisotopic (exact) mass is 236 g/mol. The third-order valence-corrected chi connectivity index (χ3v) is 3.31. The molecule has 0 aliphatic rings. The minimum atomic E-state index is -0.476. The molecule has 1 heterocycles. The minimum Gasteiger partial charge on any atom is -0.387 e. The van der Waals surface area contributed by atoms with Gasteiger partial charge in [-0.3, -0.25) is 4.79 Å². The molecule has 1 aromatic heterocycles. The number of nitrogens with zero attached hydrogens (tertiary/aromatic N) is 2. The summed E-state index contributed by atoms with van der Waals surface area (Å²) in [6.45, 7) is 1.48. The van der Waals surface area contributed by atoms with E-state index >= 15 is 0 Å². The Labute approximate surface area is 97.1 Å². The Morgan fingerprint density at radius 2 is 2.31 bits per heavy atom. The molecule has 5 heteroatoms. The lowest BCUT2D eigenvalue weighted by Crippen LogP contribution is -2.28. The summed E-state index contributed by atoms with van der Waals surface area (Å²) in [7, 11) is 1.65. The van der Waals surface area contributed by atoms with E-state index in [2.05, 4.69) is 4.98 Å². The first-order valence-electron chi connectivity index (χ1n) is 4.86. The van der Waals surface area contributed by atoms with Gasteiger partial charge in [-0.1, -0.05) is 0 Å². The number of likely N-dealkylation sites (N-methyl/N-ethyl adjacent to an activating group) is 1. The van der Waals surface area contributed by atoms with Crippen molar-refractivity contribution in [1.82, 2.24) is 4.98 Å². The summed E-state index contributed by atoms with van der Waals surface area (Å²) in [5.41, 5.74) is 1.71. The first kappa shape index (κ1) is 11.0. The first-order chi connectivity index (χ1) is 7.61. The van der Waals surface area contributed by atoms with Crippen molar-refractivity contribution in [3.8, 4) is 0 Å². The van der Waals surface area contributed by atoms with Crippen LogP contribution in [0.15, 0.2) is 18.2 Å². The Hall–Kier alpha value is -1.46. The van der Waals surface area contributed by atoms with Crippen LogP contribution in [0.25, 0.3) is 10.2 Å². The summed E-state index contributed by atoms with van der Waals surface area (Å²) in [5, 5.41) is 9.79. The number of thiazole rings is 1. The summed E-state index contributed by atoms with van der Waals surface area (Å²) >= 11 is 1.59. The number of amides is 1. The zero-order valence-corrected chi connectivity index (χ0v) is 9.91. The maximum absolute atomic E-state index is 11.3. The number of aromatic nitrogens is 1. The van der Waals surface area contributed by atoms with Gasteiger partial charge in [-0.25, -0.2) is 4.98 Å². The lowest BCUT2D eigenvalue weighted by Gasteiger charge is -2.15. The van der Waals surface area contributed by atoms with E-state index in [0.717, 1.165) is 20.9 Å². The van der Waals surface area contributed by atoms with Gasteiger partial charge >= 0.3 is 0 Å². The second-order valence-electron chi connectivity index (χ2n) is 3.50. The number of carbonyl (C=O) groups excluding carboxylic acids is 1. The van der Waals surface area contributed by atoms with E-state index in [1.54, 1.807) is 18.4 Å². The van der Waals surface area contributed by atoms with Gasteiger partial charge in [-0.15, -0.1) is 11.3 Å². The van der Waals surface area contributed by atoms with Crippen LogP contribution in [0, 0.1) is 6.92 Å². The topological polar surface area (TPSA) is 53.4 Å². The fourth-order valence-corrected chi connectivity index (χ4v) is 2.35. The largest absolute Gasteiger partial charge is 0.387 e. The number of carbonyl (C=O) groups is 1. The van der Waals surface area contributed by atoms with Crippen molar-refractivity contribution in [3.63, 3.8) is 0 Å². The van der Waals surface area contributed by atoms with Gasteiger partial charge in [0.05, 0.1) is 15.2 Å². The van der Waals surface area contributed by atoms with Gasteiger partial charge in [-0.2, -0.15) is 0 Å². The third-order valence-electron chi connectivity index (χ3n) is 2.38. The average molecular weight is 236 g/mol. The highest BCUT2D eigenvalue weighted by Gasteiger charge is 2.10. The van der Waals surface area contributed by atoms with Gasteiger partial charge < -0.3 is 10.0 Å². The van der Waals surface area contributed by atoms with E-state index < -0.39 is 6.61 Å². The van der Waals surface area contributed by atoms with Crippen molar-refractivity contribution in [3.05, 3.63) is 23.2 Å². The molecule has 0 unspecified atom stereocenters. The van der Waals surface area contributed by atoms with E-state index in [1.807, 2.05) is 25.1 Å². The maximum Gasteiger partial charge on any atom is 0.252 e. The van der Waals surface area contributed by atoms with Crippen LogP contribution in [0.5, 0.6) is 0 Å². The van der Waals surface area contributed by atoms with Crippen LogP contribution in [-0.4, -0.2) is 29.7 Å². The number of fused-ring (bicyclic) bond motifs is 1. The molecule has 2 aromatic rings. The van der Waals surface area contributed by atoms with E-state index in [1.165, 1.54) is 4.90 Å². The quantitative estimate of drug-likeness (QED) is 0.861. The molecular formula is C11H12N2O2S. The summed E-state index contributed by atoms with van der Waals surface area (Å²) in [6, 6.07) is 5.62. The fourth-order valence-electron chi connectivity index (χ4n) is 1.49. The highest BCUT2D eigenvalue weighted by molar-refractivity contribution is 7.18. The van der Waals surface area contributed by atoms with Crippen LogP contribution in [0.2, 0.25) is 0 Å². The van der Waals surface area contributed by atoms with Crippen molar-refractivity contribution in [2.75, 3.05) is 18.6 Å². The second kappa shape index (κ2) is 4.19. The third kappa shape index (κ3) is 1.91. The summed E-state index contributed by atoms with van der Waals surface area (Å²) < 4.78 is 1.05. The van der Waals surface area contributed by atoms with E-state index in [-0.39, 0.29) is 5.91 Å². The van der Waals surface area contributed by atoms with Crippen LogP contribution < -0.4 is 4.90 Å². The number of hydrogen-bond acceptors (Lipinski definition) is 4. The van der Waals surface area contributed by atoms with Gasteiger partial charge in [0.2, 0.25) is 0 Å². The molecule has 1 amide bonds. The zero-order chi connectivity index (χ0) is 11.7. The van der Waals surface area contributed by atoms with E-state index in [9.17, 15) is 4.79 Å². The van der Waals surface area contributed by atoms with Gasteiger partial charge in [0.1, 0.15) is 6.61 Å². The highest BCUT2D eigenvalue weighted by Crippen LogP contribution is 2.26. The fraction of sp³-hybridized carbons (Fsp3) is 0.273. The Morgan fingerprint density at radius 3 is 3.00 bits per heavy atom. The van der Waals surface area contributed by atoms with E-state index in [4.69, 9.17) is 5.11 Å². The minimum absolute atomic E-state index is 0.319. The molecule has 0 saturated carbocycles. The lowest BCUT2D eigenvalue weighted by atomic mass is 10.3. The maximum atomic E-state index is 11.3. The van der Waals surface area contributed by atoms with Crippen LogP contribution in [-0.2, 0) is 4.79 Å². The molecular weight excluding hydrogens is 224 g/mol. The summed E-state index contributed by atoms with van der Waals surface area (Å²) in [5.74, 6) is -0.319. The molecule has 0 aliphatic heterocycles. The normalized spacial score (nSPS) is 10.7. The van der Waals surface area contributed by atoms with Gasteiger partial charge in [0, 0.05) is 12.7 Å². The molecule has 0 bridgehead atoms. The SMILES string of the molecule is Cc1nc2ccc(N(C)C(=O)CO)cc2s1. The van der Waals surface area contributed by atoms with Gasteiger partial charge in [-0.05, 0) is 25.1 Å². The Balaban J connectivity index is 2.42. The van der Waals surface area contributed by atoms with Crippen molar-refractivity contribution < 1.29 is 9.90 Å². The van der Waals surface area contributed by atoms with Crippen molar-refractivity contribution >= 4 is 33.1 Å². The first-order valence-corrected chi connectivity index (χ1v) is 5.68. The predicted molar refractivity (Wildman–Crippen MR) is 64.9 cm³/mol. The number of benzene rings is 1. The Morgan fingerprint density at radius 1 is 1.56 bits per heavy atom. The van der Waals surface area contributed by atoms with Crippen LogP contribution >= 0.6 is 11.3 Å². The molecule has 0 fully saturated rings. The molecule has 84 valence electrons. The lowest BCUT2D eigenvalue weighted by molar-refractivity contribution is -0.120. The van der Waals surface area contributed by atoms with Crippen LogP contribution in [0.3, 0.4) is 0 Å². The molecule has 0 atom stereocenters. The smallest absolute Gasteiger partial charge is 0.252 e. The molecule has 16 heavy (non-hydrogen) atoms. The molecule has 1 aromatic carbocycles. The van der Waals surface area contributed by atoms with Crippen LogP contribution in [0.4, 0.5) is 5.69 Å². The predicted octanol–water partition coefficient (Wildman–Crippen LogP) is 1.56. The molecule has 1 N–H and O–H groups in total. The average Bonchev–Trinajstić information content (AvgIpc) is 2.65. The molecule has 0 aliphatic carbocycles. The number of anilines is 1. The summed E-state index contributed by atoms with van der Waals surface area (Å²) in [6.07, 6.45) is 0. The zero-order valence-electron chi connectivity index (χ0n) is 9.10. The van der Waals surface area contributed by atoms with E-state index in [0.29, 0.717) is 0 Å². The van der Waals surface area contributed by atoms with Crippen molar-refractivity contribution in [1.29, 1.82) is 0 Å². The molecule has 0 saturated heterocycles. The van der Waals surface area contributed by atoms with Gasteiger partial charge in [0.15, 0.2) is 0 Å². The van der Waals surface area contributed by atoms with Crippen LogP contribution in [0.1, 0.15) is 5.01 Å². The number of rotatable bonds is 2. The van der Waals surface area contributed by atoms with Gasteiger partial charge in [0.25, 0.3) is 5.91 Å². The number of hydrogen-bond donors (Lipinski definition) is 1. The number of aryl methyl sites for hydroxylation is 1. The Bertz CT molecular complexity index is 536. The number of aliphatic hydroxyl groups is 1. The molecule has 0 spiro atoms. The number of aliphatic hydroxyl groups excluding tert-OH is 1. The highest BCUT2D eigenvalue weighted by atomic mass is 32.1. The van der Waals surface area contributed by atoms with Crippen molar-refractivity contribution in [2.24, 2.45) is 0 Å². The second-order valence-corrected chi connectivity index (χ2v) is 4.73. The Kier molecular flexibility index (Phi) is 2.89. The molecule has 0 radical (unpaired) electrons.